The molecule has 3 nitrogen and oxygen atoms in total. The van der Waals surface area contributed by atoms with Crippen LogP contribution in [0.5, 0.6) is 0 Å². The Bertz CT molecular complexity index is 667. The van der Waals surface area contributed by atoms with E-state index in [4.69, 9.17) is 5.73 Å². The van der Waals surface area contributed by atoms with Crippen LogP contribution in [0, 0.1) is 24.6 Å². The Morgan fingerprint density at radius 3 is 2.85 bits per heavy atom. The molecule has 1 heterocycles. The van der Waals surface area contributed by atoms with E-state index in [-0.39, 0.29) is 12.4 Å². The lowest BCUT2D eigenvalue weighted by Crippen LogP contribution is -1.95. The van der Waals surface area contributed by atoms with E-state index in [1.807, 2.05) is 24.7 Å². The first-order valence-electron chi connectivity index (χ1n) is 6.21. The SMILES string of the molecule is Cc1cc(SCc2ccc(F)c(C#CCN)c2)n(C)n1. The second-order valence-corrected chi connectivity index (χ2v) is 5.35. The fraction of sp³-hybridized carbons (Fsp3) is 0.267. The van der Waals surface area contributed by atoms with E-state index in [0.717, 1.165) is 22.0 Å². The summed E-state index contributed by atoms with van der Waals surface area (Å²) in [6.45, 7) is 2.19. The van der Waals surface area contributed by atoms with Crippen molar-refractivity contribution in [3.8, 4) is 11.8 Å². The quantitative estimate of drug-likeness (QED) is 0.697. The molecule has 0 atom stereocenters. The van der Waals surface area contributed by atoms with Crippen molar-refractivity contribution in [1.29, 1.82) is 0 Å². The van der Waals surface area contributed by atoms with Gasteiger partial charge in [-0.05, 0) is 30.7 Å². The Balaban J connectivity index is 2.12. The molecule has 1 aromatic carbocycles. The van der Waals surface area contributed by atoms with Crippen molar-refractivity contribution in [2.75, 3.05) is 6.54 Å². The summed E-state index contributed by atoms with van der Waals surface area (Å²) >= 11 is 1.66. The minimum absolute atomic E-state index is 0.229. The smallest absolute Gasteiger partial charge is 0.138 e. The van der Waals surface area contributed by atoms with Crippen molar-refractivity contribution in [1.82, 2.24) is 9.78 Å². The maximum Gasteiger partial charge on any atom is 0.138 e. The lowest BCUT2D eigenvalue weighted by Gasteiger charge is -2.03. The molecular weight excluding hydrogens is 273 g/mol. The molecule has 0 fully saturated rings. The Morgan fingerprint density at radius 2 is 2.20 bits per heavy atom. The van der Waals surface area contributed by atoms with Gasteiger partial charge in [-0.2, -0.15) is 5.10 Å². The number of aryl methyl sites for hydroxylation is 2. The molecule has 2 N–H and O–H groups in total. The number of thioether (sulfide) groups is 1. The van der Waals surface area contributed by atoms with Gasteiger partial charge in [-0.1, -0.05) is 17.9 Å². The maximum atomic E-state index is 13.6. The molecule has 0 unspecified atom stereocenters. The fourth-order valence-corrected chi connectivity index (χ4v) is 2.76. The molecule has 2 aromatic rings. The van der Waals surface area contributed by atoms with Crippen LogP contribution >= 0.6 is 11.8 Å². The topological polar surface area (TPSA) is 43.8 Å². The predicted molar refractivity (Wildman–Crippen MR) is 79.8 cm³/mol. The van der Waals surface area contributed by atoms with E-state index in [9.17, 15) is 4.39 Å². The minimum Gasteiger partial charge on any atom is -0.320 e. The van der Waals surface area contributed by atoms with Crippen molar-refractivity contribution in [2.24, 2.45) is 12.8 Å². The van der Waals surface area contributed by atoms with Crippen molar-refractivity contribution < 1.29 is 4.39 Å². The van der Waals surface area contributed by atoms with Gasteiger partial charge < -0.3 is 5.73 Å². The molecule has 0 aliphatic carbocycles. The second kappa shape index (κ2) is 6.60. The third kappa shape index (κ3) is 3.62. The molecular formula is C15H16FN3S. The molecule has 1 aromatic heterocycles. The first-order chi connectivity index (χ1) is 9.60. The van der Waals surface area contributed by atoms with Crippen molar-refractivity contribution in [3.63, 3.8) is 0 Å². The Hall–Kier alpha value is -1.77. The molecule has 0 bridgehead atoms. The number of halogens is 1. The Morgan fingerprint density at radius 1 is 1.40 bits per heavy atom. The summed E-state index contributed by atoms with van der Waals surface area (Å²) in [4.78, 5) is 0. The van der Waals surface area contributed by atoms with Crippen LogP contribution in [-0.4, -0.2) is 16.3 Å². The van der Waals surface area contributed by atoms with Crippen LogP contribution in [0.15, 0.2) is 29.3 Å². The number of hydrogen-bond donors (Lipinski definition) is 1. The van der Waals surface area contributed by atoms with E-state index >= 15 is 0 Å². The standard InChI is InChI=1S/C15H16FN3S/c1-11-8-15(19(2)18-11)20-10-12-5-6-14(16)13(9-12)4-3-7-17/h5-6,8-9H,7,10,17H2,1-2H3. The predicted octanol–water partition coefficient (Wildman–Crippen LogP) is 2.47. The summed E-state index contributed by atoms with van der Waals surface area (Å²) in [7, 11) is 1.91. The number of rotatable bonds is 3. The number of benzene rings is 1. The zero-order chi connectivity index (χ0) is 14.5. The number of hydrogen-bond acceptors (Lipinski definition) is 3. The zero-order valence-electron chi connectivity index (χ0n) is 11.5. The van der Waals surface area contributed by atoms with Crippen LogP contribution in [0.1, 0.15) is 16.8 Å². The summed E-state index contributed by atoms with van der Waals surface area (Å²) in [6.07, 6.45) is 0. The summed E-state index contributed by atoms with van der Waals surface area (Å²) in [5.74, 6) is 5.86. The van der Waals surface area contributed by atoms with Crippen LogP contribution in [0.25, 0.3) is 0 Å². The van der Waals surface area contributed by atoms with Gasteiger partial charge in [-0.15, -0.1) is 11.8 Å². The molecule has 0 aliphatic heterocycles. The Kier molecular flexibility index (Phi) is 4.83. The first kappa shape index (κ1) is 14.6. The van der Waals surface area contributed by atoms with E-state index in [1.54, 1.807) is 23.9 Å². The van der Waals surface area contributed by atoms with Gasteiger partial charge in [-0.3, -0.25) is 4.68 Å². The first-order valence-corrected chi connectivity index (χ1v) is 7.19. The number of nitrogens with zero attached hydrogens (tertiary/aromatic N) is 2. The molecule has 0 radical (unpaired) electrons. The molecule has 0 aliphatic rings. The fourth-order valence-electron chi connectivity index (χ4n) is 1.78. The van der Waals surface area contributed by atoms with E-state index < -0.39 is 0 Å². The Labute approximate surface area is 122 Å². The van der Waals surface area contributed by atoms with Crippen LogP contribution in [0.2, 0.25) is 0 Å². The lowest BCUT2D eigenvalue weighted by molar-refractivity contribution is 0.624. The summed E-state index contributed by atoms with van der Waals surface area (Å²) < 4.78 is 15.4. The largest absolute Gasteiger partial charge is 0.320 e. The van der Waals surface area contributed by atoms with Gasteiger partial charge in [0.25, 0.3) is 0 Å². The number of nitrogens with two attached hydrogens (primary N) is 1. The van der Waals surface area contributed by atoms with E-state index in [1.165, 1.54) is 6.07 Å². The van der Waals surface area contributed by atoms with Gasteiger partial charge in [0, 0.05) is 12.8 Å². The molecule has 2 rings (SSSR count). The molecule has 0 spiro atoms. The van der Waals surface area contributed by atoms with Crippen molar-refractivity contribution in [3.05, 3.63) is 46.9 Å². The van der Waals surface area contributed by atoms with Crippen LogP contribution in [0.3, 0.4) is 0 Å². The monoisotopic (exact) mass is 289 g/mol. The van der Waals surface area contributed by atoms with Crippen molar-refractivity contribution >= 4 is 11.8 Å². The van der Waals surface area contributed by atoms with Crippen molar-refractivity contribution in [2.45, 2.75) is 17.7 Å². The van der Waals surface area contributed by atoms with Crippen LogP contribution in [-0.2, 0) is 12.8 Å². The highest BCUT2D eigenvalue weighted by molar-refractivity contribution is 7.98. The normalized spacial score (nSPS) is 10.2. The molecule has 104 valence electrons. The van der Waals surface area contributed by atoms with Gasteiger partial charge in [0.2, 0.25) is 0 Å². The third-order valence-electron chi connectivity index (χ3n) is 2.70. The average Bonchev–Trinajstić information content (AvgIpc) is 2.74. The molecule has 20 heavy (non-hydrogen) atoms. The van der Waals surface area contributed by atoms with Gasteiger partial charge in [0.15, 0.2) is 0 Å². The van der Waals surface area contributed by atoms with Gasteiger partial charge in [0.1, 0.15) is 5.82 Å². The highest BCUT2D eigenvalue weighted by Gasteiger charge is 2.05. The highest BCUT2D eigenvalue weighted by atomic mass is 32.2. The van der Waals surface area contributed by atoms with Gasteiger partial charge >= 0.3 is 0 Å². The molecule has 0 saturated heterocycles. The average molecular weight is 289 g/mol. The highest BCUT2D eigenvalue weighted by Crippen LogP contribution is 2.23. The molecule has 5 heteroatoms. The summed E-state index contributed by atoms with van der Waals surface area (Å²) in [5, 5.41) is 5.38. The van der Waals surface area contributed by atoms with Gasteiger partial charge in [0.05, 0.1) is 22.8 Å². The molecule has 0 amide bonds. The lowest BCUT2D eigenvalue weighted by atomic mass is 10.1. The second-order valence-electron chi connectivity index (χ2n) is 4.36. The summed E-state index contributed by atoms with van der Waals surface area (Å²) in [6, 6.07) is 7.03. The van der Waals surface area contributed by atoms with E-state index in [2.05, 4.69) is 16.9 Å². The van der Waals surface area contributed by atoms with E-state index in [0.29, 0.717) is 5.56 Å². The minimum atomic E-state index is -0.309. The number of aromatic nitrogens is 2. The maximum absolute atomic E-state index is 13.6. The van der Waals surface area contributed by atoms with Crippen LogP contribution in [0.4, 0.5) is 4.39 Å². The summed E-state index contributed by atoms with van der Waals surface area (Å²) in [5.41, 5.74) is 7.72. The third-order valence-corrected chi connectivity index (χ3v) is 3.86. The molecule has 0 saturated carbocycles. The zero-order valence-corrected chi connectivity index (χ0v) is 12.3. The van der Waals surface area contributed by atoms with Gasteiger partial charge in [-0.25, -0.2) is 4.39 Å². The van der Waals surface area contributed by atoms with Crippen LogP contribution < -0.4 is 5.73 Å².